The third kappa shape index (κ3) is 5.21. The van der Waals surface area contributed by atoms with Gasteiger partial charge in [-0.1, -0.05) is 37.6 Å². The summed E-state index contributed by atoms with van der Waals surface area (Å²) in [6, 6.07) is 7.66. The Morgan fingerprint density at radius 1 is 1.42 bits per heavy atom. The van der Waals surface area contributed by atoms with Gasteiger partial charge in [0.2, 0.25) is 5.91 Å². The van der Waals surface area contributed by atoms with E-state index in [4.69, 9.17) is 11.6 Å². The van der Waals surface area contributed by atoms with Gasteiger partial charge in [0.25, 0.3) is 0 Å². The molecule has 0 aliphatic rings. The summed E-state index contributed by atoms with van der Waals surface area (Å²) in [6.07, 6.45) is 0. The first-order valence-corrected chi connectivity index (χ1v) is 7.20. The topological polar surface area (TPSA) is 32.3 Å². The Labute approximate surface area is 120 Å². The van der Waals surface area contributed by atoms with Crippen molar-refractivity contribution in [1.29, 1.82) is 0 Å². The average molecular weight is 283 g/mol. The molecule has 0 aromatic heterocycles. The van der Waals surface area contributed by atoms with Crippen LogP contribution >= 0.6 is 11.6 Å². The normalized spacial score (nSPS) is 12.2. The fourth-order valence-corrected chi connectivity index (χ4v) is 2.17. The van der Waals surface area contributed by atoms with Crippen LogP contribution < -0.4 is 5.32 Å². The predicted molar refractivity (Wildman–Crippen MR) is 80.3 cm³/mol. The van der Waals surface area contributed by atoms with Crippen LogP contribution in [0, 0.1) is 5.92 Å². The van der Waals surface area contributed by atoms with E-state index >= 15 is 0 Å². The van der Waals surface area contributed by atoms with Gasteiger partial charge in [-0.05, 0) is 31.2 Å². The van der Waals surface area contributed by atoms with E-state index in [9.17, 15) is 4.79 Å². The number of benzene rings is 1. The quantitative estimate of drug-likeness (QED) is 0.834. The monoisotopic (exact) mass is 282 g/mol. The summed E-state index contributed by atoms with van der Waals surface area (Å²) in [5.41, 5.74) is 1.07. The zero-order valence-corrected chi connectivity index (χ0v) is 12.7. The van der Waals surface area contributed by atoms with E-state index in [-0.39, 0.29) is 11.8 Å². The molecule has 0 saturated carbocycles. The summed E-state index contributed by atoms with van der Waals surface area (Å²) in [5.74, 6) is 0.183. The van der Waals surface area contributed by atoms with Crippen LogP contribution in [-0.4, -0.2) is 30.4 Å². The van der Waals surface area contributed by atoms with Crippen LogP contribution in [-0.2, 0) is 11.3 Å². The molecule has 1 amide bonds. The van der Waals surface area contributed by atoms with Gasteiger partial charge in [0, 0.05) is 30.6 Å². The first kappa shape index (κ1) is 16.0. The number of nitrogens with zero attached hydrogens (tertiary/aromatic N) is 1. The van der Waals surface area contributed by atoms with Gasteiger partial charge in [-0.3, -0.25) is 4.79 Å². The van der Waals surface area contributed by atoms with E-state index in [1.165, 1.54) is 0 Å². The number of carbonyl (C=O) groups excluding carboxylic acids is 1. The summed E-state index contributed by atoms with van der Waals surface area (Å²) >= 11 is 5.97. The van der Waals surface area contributed by atoms with Gasteiger partial charge in [-0.2, -0.15) is 0 Å². The van der Waals surface area contributed by atoms with Gasteiger partial charge in [-0.25, -0.2) is 0 Å². The standard InChI is InChI=1S/C15H23ClN2O/c1-4-17-10-12(3)15(19)18(5-2)11-13-7-6-8-14(16)9-13/h6-9,12,17H,4-5,10-11H2,1-3H3. The molecule has 0 fully saturated rings. The lowest BCUT2D eigenvalue weighted by Gasteiger charge is -2.24. The largest absolute Gasteiger partial charge is 0.338 e. The summed E-state index contributed by atoms with van der Waals surface area (Å²) in [4.78, 5) is 14.2. The summed E-state index contributed by atoms with van der Waals surface area (Å²) < 4.78 is 0. The second-order valence-electron chi connectivity index (χ2n) is 4.69. The fourth-order valence-electron chi connectivity index (χ4n) is 1.96. The fraction of sp³-hybridized carbons (Fsp3) is 0.533. The van der Waals surface area contributed by atoms with Gasteiger partial charge >= 0.3 is 0 Å². The number of amides is 1. The Kier molecular flexibility index (Phi) is 6.89. The van der Waals surface area contributed by atoms with Crippen LogP contribution in [0.15, 0.2) is 24.3 Å². The molecule has 0 aliphatic carbocycles. The Hall–Kier alpha value is -1.06. The number of rotatable bonds is 7. The van der Waals surface area contributed by atoms with Crippen molar-refractivity contribution in [3.05, 3.63) is 34.9 Å². The number of carbonyl (C=O) groups is 1. The van der Waals surface area contributed by atoms with E-state index < -0.39 is 0 Å². The van der Waals surface area contributed by atoms with Crippen molar-refractivity contribution in [2.45, 2.75) is 27.3 Å². The number of nitrogens with one attached hydrogen (secondary N) is 1. The Balaban J connectivity index is 2.64. The molecule has 0 radical (unpaired) electrons. The minimum Gasteiger partial charge on any atom is -0.338 e. The van der Waals surface area contributed by atoms with Gasteiger partial charge in [0.15, 0.2) is 0 Å². The predicted octanol–water partition coefficient (Wildman–Crippen LogP) is 2.93. The van der Waals surface area contributed by atoms with E-state index in [0.717, 1.165) is 18.7 Å². The molecule has 3 nitrogen and oxygen atoms in total. The van der Waals surface area contributed by atoms with Crippen molar-refractivity contribution < 1.29 is 4.79 Å². The lowest BCUT2D eigenvalue weighted by molar-refractivity contribution is -0.135. The second-order valence-corrected chi connectivity index (χ2v) is 5.13. The van der Waals surface area contributed by atoms with Crippen LogP contribution in [0.25, 0.3) is 0 Å². The van der Waals surface area contributed by atoms with Gasteiger partial charge < -0.3 is 10.2 Å². The molecule has 0 saturated heterocycles. The molecule has 19 heavy (non-hydrogen) atoms. The maximum Gasteiger partial charge on any atom is 0.226 e. The number of hydrogen-bond donors (Lipinski definition) is 1. The molecule has 106 valence electrons. The average Bonchev–Trinajstić information content (AvgIpc) is 2.41. The Morgan fingerprint density at radius 3 is 2.74 bits per heavy atom. The lowest BCUT2D eigenvalue weighted by Crippen LogP contribution is -2.38. The zero-order valence-electron chi connectivity index (χ0n) is 11.9. The van der Waals surface area contributed by atoms with Crippen molar-refractivity contribution >= 4 is 17.5 Å². The highest BCUT2D eigenvalue weighted by Gasteiger charge is 2.18. The molecule has 0 heterocycles. The molecule has 1 atom stereocenters. The third-order valence-electron chi connectivity index (χ3n) is 3.08. The SMILES string of the molecule is CCNCC(C)C(=O)N(CC)Cc1cccc(Cl)c1. The molecule has 0 spiro atoms. The molecule has 0 aliphatic heterocycles. The highest BCUT2D eigenvalue weighted by Crippen LogP contribution is 2.14. The Bertz CT molecular complexity index is 409. The van der Waals surface area contributed by atoms with Crippen LogP contribution in [0.4, 0.5) is 0 Å². The van der Waals surface area contributed by atoms with Crippen molar-refractivity contribution in [3.8, 4) is 0 Å². The van der Waals surface area contributed by atoms with Gasteiger partial charge in [0.1, 0.15) is 0 Å². The molecule has 0 bridgehead atoms. The summed E-state index contributed by atoms with van der Waals surface area (Å²) in [6.45, 7) is 8.95. The third-order valence-corrected chi connectivity index (χ3v) is 3.31. The number of hydrogen-bond acceptors (Lipinski definition) is 2. The van der Waals surface area contributed by atoms with Crippen LogP contribution in [0.1, 0.15) is 26.3 Å². The van der Waals surface area contributed by atoms with Gasteiger partial charge in [-0.15, -0.1) is 0 Å². The summed E-state index contributed by atoms with van der Waals surface area (Å²) in [5, 5.41) is 3.92. The minimum absolute atomic E-state index is 0.000848. The van der Waals surface area contributed by atoms with Crippen molar-refractivity contribution in [1.82, 2.24) is 10.2 Å². The maximum atomic E-state index is 12.3. The van der Waals surface area contributed by atoms with Crippen LogP contribution in [0.5, 0.6) is 0 Å². The van der Waals surface area contributed by atoms with Crippen molar-refractivity contribution in [2.24, 2.45) is 5.92 Å². The van der Waals surface area contributed by atoms with Crippen molar-refractivity contribution in [3.63, 3.8) is 0 Å². The van der Waals surface area contributed by atoms with E-state index in [2.05, 4.69) is 5.32 Å². The van der Waals surface area contributed by atoms with E-state index in [0.29, 0.717) is 18.1 Å². The molecular formula is C15H23ClN2O. The molecule has 1 N–H and O–H groups in total. The maximum absolute atomic E-state index is 12.3. The zero-order chi connectivity index (χ0) is 14.3. The first-order chi connectivity index (χ1) is 9.08. The van der Waals surface area contributed by atoms with Crippen LogP contribution in [0.2, 0.25) is 5.02 Å². The highest BCUT2D eigenvalue weighted by molar-refractivity contribution is 6.30. The summed E-state index contributed by atoms with van der Waals surface area (Å²) in [7, 11) is 0. The molecule has 1 aromatic carbocycles. The Morgan fingerprint density at radius 2 is 2.16 bits per heavy atom. The molecule has 1 unspecified atom stereocenters. The highest BCUT2D eigenvalue weighted by atomic mass is 35.5. The van der Waals surface area contributed by atoms with Crippen molar-refractivity contribution in [2.75, 3.05) is 19.6 Å². The lowest BCUT2D eigenvalue weighted by atomic mass is 10.1. The van der Waals surface area contributed by atoms with E-state index in [1.54, 1.807) is 0 Å². The van der Waals surface area contributed by atoms with E-state index in [1.807, 2.05) is 49.9 Å². The molecule has 4 heteroatoms. The minimum atomic E-state index is -0.000848. The molecular weight excluding hydrogens is 260 g/mol. The first-order valence-electron chi connectivity index (χ1n) is 6.82. The smallest absolute Gasteiger partial charge is 0.226 e. The molecule has 1 rings (SSSR count). The van der Waals surface area contributed by atoms with Crippen LogP contribution in [0.3, 0.4) is 0 Å². The second kappa shape index (κ2) is 8.18. The van der Waals surface area contributed by atoms with Gasteiger partial charge in [0.05, 0.1) is 0 Å². The molecule has 1 aromatic rings. The number of halogens is 1.